The lowest BCUT2D eigenvalue weighted by atomic mass is 10.0. The van der Waals surface area contributed by atoms with E-state index in [1.807, 2.05) is 0 Å². The summed E-state index contributed by atoms with van der Waals surface area (Å²) in [5, 5.41) is 9.58. The van der Waals surface area contributed by atoms with Crippen LogP contribution in [0.15, 0.2) is 18.2 Å². The van der Waals surface area contributed by atoms with Gasteiger partial charge in [0, 0.05) is 12.0 Å². The lowest BCUT2D eigenvalue weighted by Gasteiger charge is -2.11. The first-order chi connectivity index (χ1) is 7.16. The highest BCUT2D eigenvalue weighted by Gasteiger charge is 2.14. The maximum absolute atomic E-state index is 13.2. The zero-order chi connectivity index (χ0) is 11.3. The molecule has 0 bridgehead atoms. The summed E-state index contributed by atoms with van der Waals surface area (Å²) in [7, 11) is 0. The average molecular weight is 210 g/mol. The van der Waals surface area contributed by atoms with Gasteiger partial charge in [0.15, 0.2) is 11.6 Å². The third kappa shape index (κ3) is 3.03. The van der Waals surface area contributed by atoms with Gasteiger partial charge in [-0.3, -0.25) is 0 Å². The molecule has 0 amide bonds. The molecule has 3 heteroatoms. The molecule has 0 aromatic heterocycles. The standard InChI is InChI=1S/C12H12F2O/c1-2-3-4-8-11(15)9-6-5-7-10(13)12(9)14/h1,5-7,11,15H,3-4,8H2. The quantitative estimate of drug-likeness (QED) is 0.598. The number of benzene rings is 1. The Morgan fingerprint density at radius 3 is 2.80 bits per heavy atom. The molecule has 1 unspecified atom stereocenters. The van der Waals surface area contributed by atoms with E-state index in [4.69, 9.17) is 6.42 Å². The summed E-state index contributed by atoms with van der Waals surface area (Å²) in [4.78, 5) is 0. The molecule has 1 nitrogen and oxygen atoms in total. The number of terminal acetylenes is 1. The largest absolute Gasteiger partial charge is 0.388 e. The van der Waals surface area contributed by atoms with E-state index in [1.54, 1.807) is 0 Å². The summed E-state index contributed by atoms with van der Waals surface area (Å²) in [6.07, 6.45) is 5.50. The number of halogens is 2. The van der Waals surface area contributed by atoms with Crippen LogP contribution in [0.3, 0.4) is 0 Å². The van der Waals surface area contributed by atoms with Gasteiger partial charge < -0.3 is 5.11 Å². The van der Waals surface area contributed by atoms with E-state index in [-0.39, 0.29) is 5.56 Å². The zero-order valence-corrected chi connectivity index (χ0v) is 8.21. The SMILES string of the molecule is C#CCCCC(O)c1cccc(F)c1F. The minimum atomic E-state index is -0.992. The van der Waals surface area contributed by atoms with Gasteiger partial charge in [0.2, 0.25) is 0 Å². The Kier molecular flexibility index (Phi) is 4.26. The first-order valence-corrected chi connectivity index (χ1v) is 4.72. The Hall–Kier alpha value is -1.40. The summed E-state index contributed by atoms with van der Waals surface area (Å²) >= 11 is 0. The molecular formula is C12H12F2O. The molecule has 1 N–H and O–H groups in total. The second kappa shape index (κ2) is 5.47. The van der Waals surface area contributed by atoms with Crippen LogP contribution in [-0.2, 0) is 0 Å². The Balaban J connectivity index is 2.70. The third-order valence-corrected chi connectivity index (χ3v) is 2.14. The van der Waals surface area contributed by atoms with Crippen LogP contribution < -0.4 is 0 Å². The van der Waals surface area contributed by atoms with Crippen molar-refractivity contribution in [2.75, 3.05) is 0 Å². The fourth-order valence-electron chi connectivity index (χ4n) is 1.33. The molecule has 0 saturated heterocycles. The van der Waals surface area contributed by atoms with Gasteiger partial charge in [0.1, 0.15) is 0 Å². The molecule has 0 saturated carbocycles. The number of hydrogen-bond acceptors (Lipinski definition) is 1. The maximum Gasteiger partial charge on any atom is 0.164 e. The van der Waals surface area contributed by atoms with Crippen molar-refractivity contribution in [3.8, 4) is 12.3 Å². The Morgan fingerprint density at radius 2 is 2.13 bits per heavy atom. The van der Waals surface area contributed by atoms with E-state index in [1.165, 1.54) is 12.1 Å². The summed E-state index contributed by atoms with van der Waals surface area (Å²) < 4.78 is 26.0. The minimum absolute atomic E-state index is 0.00739. The Morgan fingerprint density at radius 1 is 1.40 bits per heavy atom. The molecule has 0 aliphatic rings. The first-order valence-electron chi connectivity index (χ1n) is 4.72. The smallest absolute Gasteiger partial charge is 0.164 e. The second-order valence-electron chi connectivity index (χ2n) is 3.26. The fraction of sp³-hybridized carbons (Fsp3) is 0.333. The molecule has 1 atom stereocenters. The molecule has 0 radical (unpaired) electrons. The van der Waals surface area contributed by atoms with Crippen LogP contribution in [0.4, 0.5) is 8.78 Å². The number of unbranched alkanes of at least 4 members (excludes halogenated alkanes) is 1. The third-order valence-electron chi connectivity index (χ3n) is 2.14. The van der Waals surface area contributed by atoms with Crippen molar-refractivity contribution in [2.45, 2.75) is 25.4 Å². The minimum Gasteiger partial charge on any atom is -0.388 e. The van der Waals surface area contributed by atoms with Gasteiger partial charge >= 0.3 is 0 Å². The van der Waals surface area contributed by atoms with E-state index in [9.17, 15) is 13.9 Å². The van der Waals surface area contributed by atoms with Gasteiger partial charge in [-0.1, -0.05) is 12.1 Å². The average Bonchev–Trinajstić information content (AvgIpc) is 2.22. The van der Waals surface area contributed by atoms with Gasteiger partial charge in [0.25, 0.3) is 0 Å². The van der Waals surface area contributed by atoms with Gasteiger partial charge in [-0.2, -0.15) is 0 Å². The van der Waals surface area contributed by atoms with Crippen molar-refractivity contribution in [1.29, 1.82) is 0 Å². The van der Waals surface area contributed by atoms with E-state index >= 15 is 0 Å². The normalized spacial score (nSPS) is 12.1. The van der Waals surface area contributed by atoms with Crippen LogP contribution in [0.25, 0.3) is 0 Å². The molecule has 0 aliphatic heterocycles. The fourth-order valence-corrected chi connectivity index (χ4v) is 1.33. The van der Waals surface area contributed by atoms with Crippen molar-refractivity contribution in [2.24, 2.45) is 0 Å². The van der Waals surface area contributed by atoms with Crippen molar-refractivity contribution in [3.63, 3.8) is 0 Å². The number of aliphatic hydroxyl groups excluding tert-OH is 1. The van der Waals surface area contributed by atoms with Crippen LogP contribution in [0, 0.1) is 24.0 Å². The molecule has 0 aliphatic carbocycles. The van der Waals surface area contributed by atoms with E-state index in [0.717, 1.165) is 6.07 Å². The van der Waals surface area contributed by atoms with Gasteiger partial charge in [-0.05, 0) is 18.9 Å². The highest BCUT2D eigenvalue weighted by molar-refractivity contribution is 5.21. The van der Waals surface area contributed by atoms with Crippen molar-refractivity contribution in [3.05, 3.63) is 35.4 Å². The summed E-state index contributed by atoms with van der Waals surface area (Å²) in [6, 6.07) is 3.77. The molecule has 15 heavy (non-hydrogen) atoms. The molecule has 80 valence electrons. The first kappa shape index (κ1) is 11.7. The molecule has 1 aromatic rings. The number of aliphatic hydroxyl groups is 1. The van der Waals surface area contributed by atoms with Crippen LogP contribution >= 0.6 is 0 Å². The van der Waals surface area contributed by atoms with Crippen molar-refractivity contribution < 1.29 is 13.9 Å². The maximum atomic E-state index is 13.2. The van der Waals surface area contributed by atoms with Crippen LogP contribution in [-0.4, -0.2) is 5.11 Å². The number of hydrogen-bond donors (Lipinski definition) is 1. The Bertz CT molecular complexity index is 368. The zero-order valence-electron chi connectivity index (χ0n) is 8.21. The lowest BCUT2D eigenvalue weighted by Crippen LogP contribution is -2.02. The van der Waals surface area contributed by atoms with Crippen LogP contribution in [0.5, 0.6) is 0 Å². The summed E-state index contributed by atoms with van der Waals surface area (Å²) in [6.45, 7) is 0. The highest BCUT2D eigenvalue weighted by Crippen LogP contribution is 2.23. The summed E-state index contributed by atoms with van der Waals surface area (Å²) in [5.74, 6) is 0.500. The predicted molar refractivity (Wildman–Crippen MR) is 54.0 cm³/mol. The molecule has 1 rings (SSSR count). The lowest BCUT2D eigenvalue weighted by molar-refractivity contribution is 0.159. The molecule has 0 spiro atoms. The predicted octanol–water partition coefficient (Wildman–Crippen LogP) is 2.80. The molecule has 0 heterocycles. The van der Waals surface area contributed by atoms with Gasteiger partial charge in [-0.25, -0.2) is 8.78 Å². The van der Waals surface area contributed by atoms with Crippen molar-refractivity contribution in [1.82, 2.24) is 0 Å². The molecular weight excluding hydrogens is 198 g/mol. The van der Waals surface area contributed by atoms with Gasteiger partial charge in [0.05, 0.1) is 6.10 Å². The van der Waals surface area contributed by atoms with E-state index < -0.39 is 17.7 Å². The van der Waals surface area contributed by atoms with Crippen LogP contribution in [0.2, 0.25) is 0 Å². The molecule has 1 aromatic carbocycles. The molecule has 0 fully saturated rings. The van der Waals surface area contributed by atoms with Gasteiger partial charge in [-0.15, -0.1) is 12.3 Å². The number of rotatable bonds is 4. The van der Waals surface area contributed by atoms with E-state index in [2.05, 4.69) is 5.92 Å². The highest BCUT2D eigenvalue weighted by atomic mass is 19.2. The Labute approximate surface area is 87.7 Å². The van der Waals surface area contributed by atoms with E-state index in [0.29, 0.717) is 19.3 Å². The van der Waals surface area contributed by atoms with Crippen molar-refractivity contribution >= 4 is 0 Å². The monoisotopic (exact) mass is 210 g/mol. The summed E-state index contributed by atoms with van der Waals surface area (Å²) in [5.41, 5.74) is -0.00739. The van der Waals surface area contributed by atoms with Crippen LogP contribution in [0.1, 0.15) is 30.9 Å². The second-order valence-corrected chi connectivity index (χ2v) is 3.26. The topological polar surface area (TPSA) is 20.2 Å².